The smallest absolute Gasteiger partial charge is 0.213 e. The first kappa shape index (κ1) is 14.9. The molecule has 1 N–H and O–H groups in total. The van der Waals surface area contributed by atoms with Gasteiger partial charge in [-0.1, -0.05) is 13.8 Å². The van der Waals surface area contributed by atoms with E-state index < -0.39 is 10.0 Å². The van der Waals surface area contributed by atoms with Gasteiger partial charge < -0.3 is 5.32 Å². The quantitative estimate of drug-likeness (QED) is 0.790. The van der Waals surface area contributed by atoms with Gasteiger partial charge in [-0.05, 0) is 32.6 Å². The summed E-state index contributed by atoms with van der Waals surface area (Å²) >= 11 is 0. The van der Waals surface area contributed by atoms with Crippen LogP contribution in [0.15, 0.2) is 0 Å². The summed E-state index contributed by atoms with van der Waals surface area (Å²) in [4.78, 5) is 0. The molecule has 0 aromatic carbocycles. The van der Waals surface area contributed by atoms with Crippen LogP contribution in [0.5, 0.6) is 0 Å². The summed E-state index contributed by atoms with van der Waals surface area (Å²) in [5.41, 5.74) is 0. The van der Waals surface area contributed by atoms with Crippen LogP contribution < -0.4 is 5.32 Å². The van der Waals surface area contributed by atoms with E-state index in [0.717, 1.165) is 25.7 Å². The Balaban J connectivity index is 2.41. The molecule has 1 saturated heterocycles. The van der Waals surface area contributed by atoms with Crippen molar-refractivity contribution in [3.05, 3.63) is 0 Å². The molecular formula is C12H26N2O2S. The third-order valence-corrected chi connectivity index (χ3v) is 5.55. The molecule has 0 saturated carbocycles. The lowest BCUT2D eigenvalue weighted by atomic mass is 10.0. The van der Waals surface area contributed by atoms with Gasteiger partial charge in [0.2, 0.25) is 10.0 Å². The van der Waals surface area contributed by atoms with Crippen molar-refractivity contribution in [2.24, 2.45) is 0 Å². The second kappa shape index (κ2) is 6.71. The largest absolute Gasteiger partial charge is 0.311 e. The number of piperidine rings is 1. The third kappa shape index (κ3) is 4.23. The Morgan fingerprint density at radius 3 is 2.12 bits per heavy atom. The van der Waals surface area contributed by atoms with E-state index in [1.54, 1.807) is 11.2 Å². The monoisotopic (exact) mass is 262 g/mol. The SMILES string of the molecule is CCC(CC)NC1CCN(S(=O)(=O)CC)CC1. The fourth-order valence-corrected chi connectivity index (χ4v) is 3.47. The standard InChI is InChI=1S/C12H26N2O2S/c1-4-11(5-2)13-12-7-9-14(10-8-12)17(15,16)6-3/h11-13H,4-10H2,1-3H3. The first-order chi connectivity index (χ1) is 8.03. The molecule has 1 aliphatic rings. The number of hydrogen-bond acceptors (Lipinski definition) is 3. The normalized spacial score (nSPS) is 20.0. The zero-order valence-corrected chi connectivity index (χ0v) is 12.1. The van der Waals surface area contributed by atoms with Crippen molar-refractivity contribution in [1.82, 2.24) is 9.62 Å². The first-order valence-corrected chi connectivity index (χ1v) is 8.38. The Morgan fingerprint density at radius 1 is 1.18 bits per heavy atom. The summed E-state index contributed by atoms with van der Waals surface area (Å²) in [5, 5.41) is 3.62. The maximum absolute atomic E-state index is 11.7. The zero-order chi connectivity index (χ0) is 12.9. The van der Waals surface area contributed by atoms with Crippen molar-refractivity contribution in [2.45, 2.75) is 58.5 Å². The Kier molecular flexibility index (Phi) is 5.89. The summed E-state index contributed by atoms with van der Waals surface area (Å²) in [6, 6.07) is 1.07. The van der Waals surface area contributed by atoms with Gasteiger partial charge in [-0.15, -0.1) is 0 Å². The average molecular weight is 262 g/mol. The van der Waals surface area contributed by atoms with Crippen LogP contribution in [0.1, 0.15) is 46.5 Å². The van der Waals surface area contributed by atoms with E-state index in [1.807, 2.05) is 0 Å². The minimum Gasteiger partial charge on any atom is -0.311 e. The summed E-state index contributed by atoms with van der Waals surface area (Å²) in [5.74, 6) is 0.220. The van der Waals surface area contributed by atoms with Gasteiger partial charge in [0, 0.05) is 25.2 Å². The van der Waals surface area contributed by atoms with Gasteiger partial charge in [0.1, 0.15) is 0 Å². The molecule has 1 heterocycles. The molecule has 0 aromatic heterocycles. The topological polar surface area (TPSA) is 49.4 Å². The fraction of sp³-hybridized carbons (Fsp3) is 1.00. The molecule has 0 radical (unpaired) electrons. The highest BCUT2D eigenvalue weighted by Crippen LogP contribution is 2.15. The van der Waals surface area contributed by atoms with E-state index in [1.165, 1.54) is 0 Å². The summed E-state index contributed by atoms with van der Waals surface area (Å²) in [7, 11) is -2.98. The number of nitrogens with zero attached hydrogens (tertiary/aromatic N) is 1. The molecule has 1 fully saturated rings. The highest BCUT2D eigenvalue weighted by atomic mass is 32.2. The van der Waals surface area contributed by atoms with E-state index in [4.69, 9.17) is 0 Å². The second-order valence-electron chi connectivity index (χ2n) is 4.75. The maximum atomic E-state index is 11.7. The van der Waals surface area contributed by atoms with Crippen molar-refractivity contribution in [3.8, 4) is 0 Å². The van der Waals surface area contributed by atoms with Gasteiger partial charge in [0.25, 0.3) is 0 Å². The minimum atomic E-state index is -2.98. The Bertz CT molecular complexity index is 304. The number of rotatable bonds is 6. The van der Waals surface area contributed by atoms with Crippen LogP contribution in [0.3, 0.4) is 0 Å². The second-order valence-corrected chi connectivity index (χ2v) is 7.01. The van der Waals surface area contributed by atoms with E-state index in [0.29, 0.717) is 25.2 Å². The van der Waals surface area contributed by atoms with Crippen molar-refractivity contribution < 1.29 is 8.42 Å². The predicted octanol–water partition coefficient (Wildman–Crippen LogP) is 1.58. The van der Waals surface area contributed by atoms with Gasteiger partial charge >= 0.3 is 0 Å². The summed E-state index contributed by atoms with van der Waals surface area (Å²) in [6.07, 6.45) is 4.17. The highest BCUT2D eigenvalue weighted by Gasteiger charge is 2.27. The molecule has 1 aliphatic heterocycles. The molecule has 0 bridgehead atoms. The van der Waals surface area contributed by atoms with Crippen LogP contribution in [0, 0.1) is 0 Å². The number of sulfonamides is 1. The molecule has 5 heteroatoms. The molecule has 0 atom stereocenters. The van der Waals surface area contributed by atoms with Gasteiger partial charge in [-0.2, -0.15) is 0 Å². The van der Waals surface area contributed by atoms with Gasteiger partial charge in [0.05, 0.1) is 5.75 Å². The van der Waals surface area contributed by atoms with Crippen LogP contribution in [-0.4, -0.2) is 43.6 Å². The molecule has 17 heavy (non-hydrogen) atoms. The molecule has 102 valence electrons. The molecule has 0 unspecified atom stereocenters. The Labute approximate surface area is 106 Å². The Hall–Kier alpha value is -0.130. The fourth-order valence-electron chi connectivity index (χ4n) is 2.34. The van der Waals surface area contributed by atoms with Crippen molar-refractivity contribution in [1.29, 1.82) is 0 Å². The van der Waals surface area contributed by atoms with Crippen molar-refractivity contribution >= 4 is 10.0 Å². The van der Waals surface area contributed by atoms with Gasteiger partial charge in [0.15, 0.2) is 0 Å². The Morgan fingerprint density at radius 2 is 1.71 bits per heavy atom. The lowest BCUT2D eigenvalue weighted by molar-refractivity contribution is 0.269. The minimum absolute atomic E-state index is 0.220. The lowest BCUT2D eigenvalue weighted by Crippen LogP contribution is -2.47. The average Bonchev–Trinajstić information content (AvgIpc) is 2.36. The van der Waals surface area contributed by atoms with Crippen LogP contribution in [0.4, 0.5) is 0 Å². The maximum Gasteiger partial charge on any atom is 0.213 e. The number of nitrogens with one attached hydrogen (secondary N) is 1. The van der Waals surface area contributed by atoms with Crippen LogP contribution in [0.2, 0.25) is 0 Å². The van der Waals surface area contributed by atoms with E-state index >= 15 is 0 Å². The highest BCUT2D eigenvalue weighted by molar-refractivity contribution is 7.89. The van der Waals surface area contributed by atoms with E-state index in [2.05, 4.69) is 19.2 Å². The van der Waals surface area contributed by atoms with Gasteiger partial charge in [-0.3, -0.25) is 0 Å². The lowest BCUT2D eigenvalue weighted by Gasteiger charge is -2.33. The van der Waals surface area contributed by atoms with E-state index in [9.17, 15) is 8.42 Å². The van der Waals surface area contributed by atoms with Crippen LogP contribution in [0.25, 0.3) is 0 Å². The van der Waals surface area contributed by atoms with Crippen LogP contribution in [-0.2, 0) is 10.0 Å². The molecular weight excluding hydrogens is 236 g/mol. The molecule has 0 aliphatic carbocycles. The van der Waals surface area contributed by atoms with Crippen molar-refractivity contribution in [3.63, 3.8) is 0 Å². The zero-order valence-electron chi connectivity index (χ0n) is 11.3. The van der Waals surface area contributed by atoms with E-state index in [-0.39, 0.29) is 5.75 Å². The molecule has 0 aromatic rings. The molecule has 0 spiro atoms. The predicted molar refractivity (Wildman–Crippen MR) is 71.6 cm³/mol. The molecule has 0 amide bonds. The van der Waals surface area contributed by atoms with Gasteiger partial charge in [-0.25, -0.2) is 12.7 Å². The third-order valence-electron chi connectivity index (χ3n) is 3.67. The first-order valence-electron chi connectivity index (χ1n) is 6.77. The molecule has 4 nitrogen and oxygen atoms in total. The summed E-state index contributed by atoms with van der Waals surface area (Å²) < 4.78 is 25.0. The van der Waals surface area contributed by atoms with Crippen molar-refractivity contribution in [2.75, 3.05) is 18.8 Å². The summed E-state index contributed by atoms with van der Waals surface area (Å²) in [6.45, 7) is 7.45. The molecule has 1 rings (SSSR count). The number of hydrogen-bond donors (Lipinski definition) is 1. The van der Waals surface area contributed by atoms with Crippen LogP contribution >= 0.6 is 0 Å².